The van der Waals surface area contributed by atoms with Gasteiger partial charge in [0.1, 0.15) is 11.5 Å². The molecule has 0 atom stereocenters. The highest BCUT2D eigenvalue weighted by molar-refractivity contribution is 6.31. The van der Waals surface area contributed by atoms with Crippen LogP contribution in [0.3, 0.4) is 0 Å². The summed E-state index contributed by atoms with van der Waals surface area (Å²) in [5, 5.41) is 4.86. The van der Waals surface area contributed by atoms with Gasteiger partial charge in [-0.1, -0.05) is 53.5 Å². The lowest BCUT2D eigenvalue weighted by atomic mass is 10.1. The predicted octanol–water partition coefficient (Wildman–Crippen LogP) is 6.27. The highest BCUT2D eigenvalue weighted by atomic mass is 35.5. The van der Waals surface area contributed by atoms with Gasteiger partial charge in [-0.25, -0.2) is 0 Å². The molecular formula is C19H18Cl3NO. The van der Waals surface area contributed by atoms with E-state index in [1.807, 2.05) is 61.5 Å². The fraction of sp³-hybridized carbons (Fsp3) is 0.158. The Kier molecular flexibility index (Phi) is 6.76. The molecule has 1 aromatic heterocycles. The summed E-state index contributed by atoms with van der Waals surface area (Å²) in [5.74, 6) is 1.70. The molecule has 0 bridgehead atoms. The van der Waals surface area contributed by atoms with E-state index in [1.165, 1.54) is 0 Å². The first-order chi connectivity index (χ1) is 11.1. The number of hydrogen-bond donors (Lipinski definition) is 1. The Balaban J connectivity index is 0.00000208. The van der Waals surface area contributed by atoms with Gasteiger partial charge in [-0.3, -0.25) is 0 Å². The van der Waals surface area contributed by atoms with Gasteiger partial charge in [0.05, 0.1) is 6.54 Å². The third-order valence-electron chi connectivity index (χ3n) is 3.69. The first-order valence-electron chi connectivity index (χ1n) is 7.43. The lowest BCUT2D eigenvalue weighted by Gasteiger charge is -2.05. The van der Waals surface area contributed by atoms with Gasteiger partial charge in [-0.2, -0.15) is 0 Å². The first kappa shape index (κ1) is 18.9. The maximum absolute atomic E-state index is 6.17. The molecule has 0 spiro atoms. The van der Waals surface area contributed by atoms with Crippen molar-refractivity contribution in [2.75, 3.05) is 0 Å². The average molecular weight is 383 g/mol. The van der Waals surface area contributed by atoms with Crippen molar-refractivity contribution in [2.45, 2.75) is 20.0 Å². The summed E-state index contributed by atoms with van der Waals surface area (Å²) in [6, 6.07) is 17.7. The largest absolute Gasteiger partial charge is 0.460 e. The molecule has 1 heterocycles. The molecule has 3 rings (SSSR count). The molecular weight excluding hydrogens is 365 g/mol. The maximum Gasteiger partial charge on any atom is 0.134 e. The van der Waals surface area contributed by atoms with Crippen molar-refractivity contribution >= 4 is 35.6 Å². The molecule has 0 radical (unpaired) electrons. The standard InChI is InChI=1S/C19H17Cl2NO.ClH/c1-13-6-7-14(10-18(13)21)19-9-8-16(23-19)12-22-11-15-4-2-3-5-17(15)20;/h2-10,22H,11-12H2,1H3;1H. The number of benzene rings is 2. The van der Waals surface area contributed by atoms with Crippen molar-refractivity contribution in [1.29, 1.82) is 0 Å². The molecule has 2 aromatic carbocycles. The summed E-state index contributed by atoms with van der Waals surface area (Å²) in [5.41, 5.74) is 3.12. The fourth-order valence-corrected chi connectivity index (χ4v) is 2.72. The van der Waals surface area contributed by atoms with Crippen LogP contribution in [0.4, 0.5) is 0 Å². The van der Waals surface area contributed by atoms with Gasteiger partial charge in [0.15, 0.2) is 0 Å². The Morgan fingerprint density at radius 2 is 1.71 bits per heavy atom. The number of furan rings is 1. The normalized spacial score (nSPS) is 10.5. The van der Waals surface area contributed by atoms with Gasteiger partial charge in [0.2, 0.25) is 0 Å². The molecule has 2 nitrogen and oxygen atoms in total. The second kappa shape index (κ2) is 8.59. The van der Waals surface area contributed by atoms with E-state index in [0.717, 1.165) is 38.3 Å². The van der Waals surface area contributed by atoms with Gasteiger partial charge in [0, 0.05) is 22.2 Å². The van der Waals surface area contributed by atoms with Gasteiger partial charge in [-0.05, 0) is 42.3 Å². The van der Waals surface area contributed by atoms with E-state index < -0.39 is 0 Å². The summed E-state index contributed by atoms with van der Waals surface area (Å²) in [4.78, 5) is 0. The minimum absolute atomic E-state index is 0. The Morgan fingerprint density at radius 1 is 0.917 bits per heavy atom. The minimum Gasteiger partial charge on any atom is -0.460 e. The predicted molar refractivity (Wildman–Crippen MR) is 103 cm³/mol. The first-order valence-corrected chi connectivity index (χ1v) is 8.18. The molecule has 0 aliphatic heterocycles. The average Bonchev–Trinajstić information content (AvgIpc) is 3.01. The van der Waals surface area contributed by atoms with Crippen molar-refractivity contribution in [3.8, 4) is 11.3 Å². The number of aryl methyl sites for hydroxylation is 1. The molecule has 0 unspecified atom stereocenters. The van der Waals surface area contributed by atoms with Crippen LogP contribution >= 0.6 is 35.6 Å². The molecule has 3 aromatic rings. The highest BCUT2D eigenvalue weighted by Gasteiger charge is 2.07. The van der Waals surface area contributed by atoms with E-state index >= 15 is 0 Å². The second-order valence-corrected chi connectivity index (χ2v) is 6.24. The highest BCUT2D eigenvalue weighted by Crippen LogP contribution is 2.27. The number of nitrogens with one attached hydrogen (secondary N) is 1. The van der Waals surface area contributed by atoms with Gasteiger partial charge in [-0.15, -0.1) is 12.4 Å². The quantitative estimate of drug-likeness (QED) is 0.562. The molecule has 1 N–H and O–H groups in total. The molecule has 0 amide bonds. The SMILES string of the molecule is Cc1ccc(-c2ccc(CNCc3ccccc3Cl)o2)cc1Cl.Cl. The van der Waals surface area contributed by atoms with Gasteiger partial charge >= 0.3 is 0 Å². The van der Waals surface area contributed by atoms with E-state index in [4.69, 9.17) is 27.6 Å². The minimum atomic E-state index is 0. The van der Waals surface area contributed by atoms with Crippen LogP contribution in [0.1, 0.15) is 16.9 Å². The maximum atomic E-state index is 6.17. The number of rotatable bonds is 5. The monoisotopic (exact) mass is 381 g/mol. The number of halogens is 3. The van der Waals surface area contributed by atoms with Crippen LogP contribution in [0.2, 0.25) is 10.0 Å². The van der Waals surface area contributed by atoms with Crippen LogP contribution in [0, 0.1) is 6.92 Å². The summed E-state index contributed by atoms with van der Waals surface area (Å²) >= 11 is 12.3. The van der Waals surface area contributed by atoms with Crippen LogP contribution in [0.25, 0.3) is 11.3 Å². The van der Waals surface area contributed by atoms with Crippen LogP contribution in [-0.2, 0) is 13.1 Å². The summed E-state index contributed by atoms with van der Waals surface area (Å²) < 4.78 is 5.88. The van der Waals surface area contributed by atoms with Crippen LogP contribution in [0.15, 0.2) is 59.0 Å². The van der Waals surface area contributed by atoms with E-state index in [0.29, 0.717) is 13.1 Å². The molecule has 0 aliphatic carbocycles. The third-order valence-corrected chi connectivity index (χ3v) is 4.47. The molecule has 0 fully saturated rings. The van der Waals surface area contributed by atoms with Gasteiger partial charge in [0.25, 0.3) is 0 Å². The topological polar surface area (TPSA) is 25.2 Å². The van der Waals surface area contributed by atoms with Crippen molar-refractivity contribution < 1.29 is 4.42 Å². The molecule has 0 aliphatic rings. The zero-order valence-electron chi connectivity index (χ0n) is 13.2. The van der Waals surface area contributed by atoms with Crippen molar-refractivity contribution in [3.63, 3.8) is 0 Å². The Morgan fingerprint density at radius 3 is 2.46 bits per heavy atom. The molecule has 126 valence electrons. The Hall–Kier alpha value is -1.45. The molecule has 0 saturated carbocycles. The zero-order valence-corrected chi connectivity index (χ0v) is 15.5. The van der Waals surface area contributed by atoms with E-state index in [1.54, 1.807) is 0 Å². The Bertz CT molecular complexity index is 814. The second-order valence-electron chi connectivity index (χ2n) is 5.42. The van der Waals surface area contributed by atoms with Crippen molar-refractivity contribution in [3.05, 3.63) is 81.5 Å². The van der Waals surface area contributed by atoms with E-state index in [9.17, 15) is 0 Å². The molecule has 5 heteroatoms. The lowest BCUT2D eigenvalue weighted by molar-refractivity contribution is 0.493. The third kappa shape index (κ3) is 4.55. The fourth-order valence-electron chi connectivity index (χ4n) is 2.34. The van der Waals surface area contributed by atoms with Gasteiger partial charge < -0.3 is 9.73 Å². The smallest absolute Gasteiger partial charge is 0.134 e. The summed E-state index contributed by atoms with van der Waals surface area (Å²) in [6.07, 6.45) is 0. The van der Waals surface area contributed by atoms with Crippen molar-refractivity contribution in [1.82, 2.24) is 5.32 Å². The lowest BCUT2D eigenvalue weighted by Crippen LogP contribution is -2.12. The zero-order chi connectivity index (χ0) is 16.2. The van der Waals surface area contributed by atoms with Crippen LogP contribution < -0.4 is 5.32 Å². The Labute approximate surface area is 158 Å². The van der Waals surface area contributed by atoms with Crippen LogP contribution in [-0.4, -0.2) is 0 Å². The molecule has 24 heavy (non-hydrogen) atoms. The summed E-state index contributed by atoms with van der Waals surface area (Å²) in [7, 11) is 0. The van der Waals surface area contributed by atoms with E-state index in [2.05, 4.69) is 5.32 Å². The van der Waals surface area contributed by atoms with Crippen LogP contribution in [0.5, 0.6) is 0 Å². The summed E-state index contributed by atoms with van der Waals surface area (Å²) in [6.45, 7) is 3.33. The van der Waals surface area contributed by atoms with Crippen molar-refractivity contribution in [2.24, 2.45) is 0 Å². The number of hydrogen-bond acceptors (Lipinski definition) is 2. The molecule has 0 saturated heterocycles. The van der Waals surface area contributed by atoms with E-state index in [-0.39, 0.29) is 12.4 Å².